The van der Waals surface area contributed by atoms with Crippen LogP contribution in [0.25, 0.3) is 0 Å². The first kappa shape index (κ1) is 21.2. The Kier molecular flexibility index (Phi) is 6.20. The number of hydrogen-bond donors (Lipinski definition) is 1. The number of hydrogen-bond acceptors (Lipinski definition) is 6. The lowest BCUT2D eigenvalue weighted by Crippen LogP contribution is -2.31. The second kappa shape index (κ2) is 8.47. The van der Waals surface area contributed by atoms with Crippen LogP contribution >= 0.6 is 15.9 Å². The Labute approximate surface area is 175 Å². The third-order valence-electron chi connectivity index (χ3n) is 4.61. The Morgan fingerprint density at radius 2 is 1.90 bits per heavy atom. The van der Waals surface area contributed by atoms with Crippen LogP contribution in [0, 0.1) is 34.4 Å². The highest BCUT2D eigenvalue weighted by Crippen LogP contribution is 2.30. The zero-order valence-corrected chi connectivity index (χ0v) is 17.3. The van der Waals surface area contributed by atoms with Crippen molar-refractivity contribution < 1.29 is 22.7 Å². The maximum absolute atomic E-state index is 13.8. The molecule has 0 aliphatic carbocycles. The molecule has 7 nitrogen and oxygen atoms in total. The van der Waals surface area contributed by atoms with Gasteiger partial charge in [-0.25, -0.2) is 12.8 Å². The number of halogens is 2. The van der Waals surface area contributed by atoms with E-state index in [0.29, 0.717) is 4.47 Å². The first-order valence-corrected chi connectivity index (χ1v) is 10.7. The molecule has 3 rings (SSSR count). The smallest absolute Gasteiger partial charge is 0.244 e. The van der Waals surface area contributed by atoms with Gasteiger partial charge in [-0.05, 0) is 30.3 Å². The van der Waals surface area contributed by atoms with E-state index in [1.54, 1.807) is 6.07 Å². The summed E-state index contributed by atoms with van der Waals surface area (Å²) in [6, 6.07) is 11.6. The highest BCUT2D eigenvalue weighted by molar-refractivity contribution is 9.10. The van der Waals surface area contributed by atoms with E-state index in [-0.39, 0.29) is 41.5 Å². The van der Waals surface area contributed by atoms with E-state index in [2.05, 4.69) is 15.9 Å². The minimum absolute atomic E-state index is 0.00143. The molecule has 1 saturated heterocycles. The lowest BCUT2D eigenvalue weighted by Gasteiger charge is -2.19. The van der Waals surface area contributed by atoms with Crippen molar-refractivity contribution in [2.24, 2.45) is 5.92 Å². The summed E-state index contributed by atoms with van der Waals surface area (Å²) in [6.45, 7) is -0.416. The fourth-order valence-electron chi connectivity index (χ4n) is 3.10. The number of benzene rings is 2. The van der Waals surface area contributed by atoms with Gasteiger partial charge in [0.15, 0.2) is 0 Å². The molecule has 150 valence electrons. The Hall–Kier alpha value is -2.50. The quantitative estimate of drug-likeness (QED) is 0.703. The molecular formula is C19H15BrFN3O4S. The van der Waals surface area contributed by atoms with E-state index in [9.17, 15) is 23.2 Å². The van der Waals surface area contributed by atoms with E-state index in [1.807, 2.05) is 6.07 Å². The van der Waals surface area contributed by atoms with Crippen molar-refractivity contribution in [2.75, 3.05) is 19.7 Å². The average Bonchev–Trinajstić information content (AvgIpc) is 3.11. The summed E-state index contributed by atoms with van der Waals surface area (Å²) < 4.78 is 47.3. The summed E-state index contributed by atoms with van der Waals surface area (Å²) in [6.07, 6.45) is -0.719. The molecule has 10 heteroatoms. The van der Waals surface area contributed by atoms with E-state index in [0.717, 1.165) is 10.4 Å². The summed E-state index contributed by atoms with van der Waals surface area (Å²) in [5, 5.41) is 27.8. The van der Waals surface area contributed by atoms with Crippen molar-refractivity contribution in [3.8, 4) is 17.9 Å². The van der Waals surface area contributed by atoms with Crippen molar-refractivity contribution in [1.29, 1.82) is 10.5 Å². The van der Waals surface area contributed by atoms with Crippen LogP contribution in [0.1, 0.15) is 11.1 Å². The van der Waals surface area contributed by atoms with E-state index in [1.165, 1.54) is 30.3 Å². The molecular weight excluding hydrogens is 465 g/mol. The first-order valence-electron chi connectivity index (χ1n) is 8.47. The molecule has 1 aliphatic rings. The van der Waals surface area contributed by atoms with Gasteiger partial charge in [-0.2, -0.15) is 14.8 Å². The van der Waals surface area contributed by atoms with Crippen LogP contribution in [0.4, 0.5) is 4.39 Å². The predicted molar refractivity (Wildman–Crippen MR) is 104 cm³/mol. The average molecular weight is 480 g/mol. The number of aliphatic hydroxyl groups is 1. The van der Waals surface area contributed by atoms with Gasteiger partial charge in [0.2, 0.25) is 10.0 Å². The molecule has 1 heterocycles. The molecule has 2 aromatic rings. The summed E-state index contributed by atoms with van der Waals surface area (Å²) >= 11 is 3.21. The van der Waals surface area contributed by atoms with Gasteiger partial charge >= 0.3 is 0 Å². The summed E-state index contributed by atoms with van der Waals surface area (Å²) in [5.74, 6) is -1.16. The van der Waals surface area contributed by atoms with Crippen molar-refractivity contribution in [3.05, 3.63) is 57.8 Å². The molecule has 0 aromatic heterocycles. The second-order valence-electron chi connectivity index (χ2n) is 6.43. The van der Waals surface area contributed by atoms with E-state index >= 15 is 0 Å². The second-order valence-corrected chi connectivity index (χ2v) is 9.25. The normalized spacial score (nSPS) is 19.5. The van der Waals surface area contributed by atoms with Gasteiger partial charge < -0.3 is 9.84 Å². The molecule has 1 N–H and O–H groups in total. The molecule has 2 unspecified atom stereocenters. The molecule has 0 saturated carbocycles. The van der Waals surface area contributed by atoms with Gasteiger partial charge in [-0.15, -0.1) is 0 Å². The molecule has 1 fully saturated rings. The summed E-state index contributed by atoms with van der Waals surface area (Å²) in [7, 11) is -4.00. The number of rotatable bonds is 5. The Bertz CT molecular complexity index is 1130. The Morgan fingerprint density at radius 3 is 2.52 bits per heavy atom. The van der Waals surface area contributed by atoms with Gasteiger partial charge in [0.25, 0.3) is 0 Å². The first-order chi connectivity index (χ1) is 13.8. The topological polar surface area (TPSA) is 114 Å². The third-order valence-corrected chi connectivity index (χ3v) is 6.99. The molecule has 2 atom stereocenters. The highest BCUT2D eigenvalue weighted by Gasteiger charge is 2.41. The molecule has 1 aliphatic heterocycles. The standard InChI is InChI=1S/C19H15BrFN3O4S/c20-15-2-4-19(13(5-15)8-23)29(26,27)24-9-14(11-25)18(10-24)28-16-3-1-12(7-22)17(21)6-16/h1-6,14,18,25H,9-11H2. The highest BCUT2D eigenvalue weighted by atomic mass is 79.9. The summed E-state index contributed by atoms with van der Waals surface area (Å²) in [4.78, 5) is -0.134. The van der Waals surface area contributed by atoms with Crippen LogP contribution in [0.5, 0.6) is 5.75 Å². The van der Waals surface area contributed by atoms with Gasteiger partial charge in [0, 0.05) is 23.0 Å². The molecule has 0 amide bonds. The lowest BCUT2D eigenvalue weighted by atomic mass is 10.1. The van der Waals surface area contributed by atoms with E-state index in [4.69, 9.17) is 10.00 Å². The lowest BCUT2D eigenvalue weighted by molar-refractivity contribution is 0.122. The number of sulfonamides is 1. The van der Waals surface area contributed by atoms with Crippen molar-refractivity contribution in [2.45, 2.75) is 11.0 Å². The van der Waals surface area contributed by atoms with Crippen LogP contribution in [0.2, 0.25) is 0 Å². The minimum atomic E-state index is -4.00. The monoisotopic (exact) mass is 479 g/mol. The molecule has 0 radical (unpaired) electrons. The fraction of sp³-hybridized carbons (Fsp3) is 0.263. The summed E-state index contributed by atoms with van der Waals surface area (Å²) in [5.41, 5.74) is -0.135. The molecule has 29 heavy (non-hydrogen) atoms. The maximum Gasteiger partial charge on any atom is 0.244 e. The van der Waals surface area contributed by atoms with E-state index < -0.39 is 27.9 Å². The third kappa shape index (κ3) is 4.26. The number of nitrogens with zero attached hydrogens (tertiary/aromatic N) is 3. The zero-order valence-electron chi connectivity index (χ0n) is 14.9. The van der Waals surface area contributed by atoms with Gasteiger partial charge in [-0.1, -0.05) is 15.9 Å². The van der Waals surface area contributed by atoms with Crippen LogP contribution in [-0.2, 0) is 10.0 Å². The van der Waals surface area contributed by atoms with Gasteiger partial charge in [0.1, 0.15) is 34.7 Å². The van der Waals surface area contributed by atoms with Crippen LogP contribution < -0.4 is 4.74 Å². The predicted octanol–water partition coefficient (Wildman–Crippen LogP) is 2.39. The Balaban J connectivity index is 1.86. The molecule has 2 aromatic carbocycles. The van der Waals surface area contributed by atoms with Crippen LogP contribution in [0.15, 0.2) is 45.8 Å². The number of nitriles is 2. The van der Waals surface area contributed by atoms with Crippen molar-refractivity contribution in [1.82, 2.24) is 4.31 Å². The Morgan fingerprint density at radius 1 is 1.17 bits per heavy atom. The number of aliphatic hydroxyl groups excluding tert-OH is 1. The van der Waals surface area contributed by atoms with Crippen LogP contribution in [-0.4, -0.2) is 43.6 Å². The SMILES string of the molecule is N#Cc1ccc(OC2CN(S(=O)(=O)c3ccc(Br)cc3C#N)CC2CO)cc1F. The molecule has 0 spiro atoms. The minimum Gasteiger partial charge on any atom is -0.489 e. The maximum atomic E-state index is 13.8. The fourth-order valence-corrected chi connectivity index (χ4v) is 5.09. The van der Waals surface area contributed by atoms with Crippen molar-refractivity contribution >= 4 is 26.0 Å². The van der Waals surface area contributed by atoms with Gasteiger partial charge in [-0.3, -0.25) is 0 Å². The largest absolute Gasteiger partial charge is 0.489 e. The molecule has 0 bridgehead atoms. The zero-order chi connectivity index (χ0) is 21.2. The number of ether oxygens (including phenoxy) is 1. The van der Waals surface area contributed by atoms with Crippen LogP contribution in [0.3, 0.4) is 0 Å². The van der Waals surface area contributed by atoms with Crippen molar-refractivity contribution in [3.63, 3.8) is 0 Å². The van der Waals surface area contributed by atoms with Gasteiger partial charge in [0.05, 0.1) is 24.3 Å².